The molecule has 3 nitrogen and oxygen atoms in total. The van der Waals surface area contributed by atoms with Crippen LogP contribution < -0.4 is 10.1 Å². The number of hydrogen-bond donors (Lipinski definition) is 1. The summed E-state index contributed by atoms with van der Waals surface area (Å²) in [6.07, 6.45) is 0.904. The van der Waals surface area contributed by atoms with E-state index in [1.807, 2.05) is 24.3 Å². The minimum absolute atomic E-state index is 0.0384. The summed E-state index contributed by atoms with van der Waals surface area (Å²) in [6.45, 7) is 1.72. The lowest BCUT2D eigenvalue weighted by Crippen LogP contribution is -2.44. The Morgan fingerprint density at radius 3 is 2.64 bits per heavy atom. The predicted octanol–water partition coefficient (Wildman–Crippen LogP) is 2.97. The molecule has 0 radical (unpaired) electrons. The Balaban J connectivity index is 1.62. The number of rotatable bonds is 5. The van der Waals surface area contributed by atoms with Crippen molar-refractivity contribution in [1.82, 2.24) is 5.32 Å². The van der Waals surface area contributed by atoms with Crippen LogP contribution >= 0.6 is 12.2 Å². The van der Waals surface area contributed by atoms with E-state index in [-0.39, 0.29) is 6.10 Å². The van der Waals surface area contributed by atoms with Gasteiger partial charge in [0.2, 0.25) is 0 Å². The van der Waals surface area contributed by atoms with E-state index >= 15 is 0 Å². The first-order chi connectivity index (χ1) is 10.8. The van der Waals surface area contributed by atoms with Gasteiger partial charge in [-0.25, -0.2) is 0 Å². The summed E-state index contributed by atoms with van der Waals surface area (Å²) in [5.41, 5.74) is 2.47. The van der Waals surface area contributed by atoms with Crippen LogP contribution in [0.2, 0.25) is 0 Å². The van der Waals surface area contributed by atoms with Gasteiger partial charge in [0, 0.05) is 13.0 Å². The van der Waals surface area contributed by atoms with Gasteiger partial charge in [0.15, 0.2) is 0 Å². The molecule has 0 aliphatic carbocycles. The second-order valence-corrected chi connectivity index (χ2v) is 5.81. The van der Waals surface area contributed by atoms with Crippen molar-refractivity contribution in [2.45, 2.75) is 12.5 Å². The Labute approximate surface area is 136 Å². The lowest BCUT2D eigenvalue weighted by Gasteiger charge is -2.25. The highest BCUT2D eigenvalue weighted by atomic mass is 32.1. The molecule has 114 valence electrons. The lowest BCUT2D eigenvalue weighted by molar-refractivity contribution is 0.0337. The van der Waals surface area contributed by atoms with Gasteiger partial charge in [-0.05, 0) is 17.2 Å². The van der Waals surface area contributed by atoms with Crippen molar-refractivity contribution >= 4 is 17.2 Å². The molecule has 1 fully saturated rings. The molecule has 3 rings (SSSR count). The molecule has 1 aliphatic heterocycles. The number of morpholine rings is 1. The molecule has 0 aromatic heterocycles. The van der Waals surface area contributed by atoms with Gasteiger partial charge < -0.3 is 14.8 Å². The minimum atomic E-state index is 0.0384. The molecule has 22 heavy (non-hydrogen) atoms. The summed E-state index contributed by atoms with van der Waals surface area (Å²) < 4.78 is 11.6. The minimum Gasteiger partial charge on any atom is -0.491 e. The molecule has 2 aromatic carbocycles. The molecule has 1 atom stereocenters. The average molecular weight is 313 g/mol. The topological polar surface area (TPSA) is 30.5 Å². The van der Waals surface area contributed by atoms with Crippen LogP contribution in [0.5, 0.6) is 5.75 Å². The maximum Gasteiger partial charge on any atom is 0.122 e. The molecule has 1 aliphatic rings. The molecular formula is C18H19NO2S. The zero-order valence-corrected chi connectivity index (χ0v) is 13.1. The Morgan fingerprint density at radius 2 is 1.86 bits per heavy atom. The fourth-order valence-corrected chi connectivity index (χ4v) is 2.58. The Morgan fingerprint density at radius 1 is 1.09 bits per heavy atom. The average Bonchev–Trinajstić information content (AvgIpc) is 2.56. The highest BCUT2D eigenvalue weighted by Crippen LogP contribution is 2.21. The molecule has 0 spiro atoms. The Hall–Kier alpha value is -1.91. The summed E-state index contributed by atoms with van der Waals surface area (Å²) in [7, 11) is 0. The van der Waals surface area contributed by atoms with Crippen molar-refractivity contribution in [3.05, 3.63) is 65.7 Å². The molecule has 4 heteroatoms. The van der Waals surface area contributed by atoms with E-state index in [1.54, 1.807) is 0 Å². The van der Waals surface area contributed by atoms with Crippen LogP contribution in [0.3, 0.4) is 0 Å². The third-order valence-corrected chi connectivity index (χ3v) is 3.87. The molecule has 2 aromatic rings. The highest BCUT2D eigenvalue weighted by molar-refractivity contribution is 7.80. The number of hydrogen-bond acceptors (Lipinski definition) is 3. The number of para-hydroxylation sites is 1. The van der Waals surface area contributed by atoms with Gasteiger partial charge in [-0.3, -0.25) is 0 Å². The van der Waals surface area contributed by atoms with Crippen molar-refractivity contribution in [3.8, 4) is 5.75 Å². The van der Waals surface area contributed by atoms with Crippen LogP contribution in [-0.2, 0) is 11.2 Å². The van der Waals surface area contributed by atoms with Crippen LogP contribution in [0.25, 0.3) is 0 Å². The van der Waals surface area contributed by atoms with Crippen LogP contribution in [-0.4, -0.2) is 30.9 Å². The summed E-state index contributed by atoms with van der Waals surface area (Å²) >= 11 is 5.05. The number of benzene rings is 2. The van der Waals surface area contributed by atoms with Crippen molar-refractivity contribution in [1.29, 1.82) is 0 Å². The van der Waals surface area contributed by atoms with Gasteiger partial charge in [0.05, 0.1) is 6.61 Å². The fraction of sp³-hybridized carbons (Fsp3) is 0.278. The standard InChI is InChI=1S/C18H19NO2S/c22-18-13-20-16(11-19-18)12-21-17-9-5-4-8-15(17)10-14-6-2-1-3-7-14/h1-9,16H,10-13H2,(H,19,22). The quantitative estimate of drug-likeness (QED) is 0.860. The summed E-state index contributed by atoms with van der Waals surface area (Å²) in [5, 5.41) is 3.15. The van der Waals surface area contributed by atoms with Crippen molar-refractivity contribution in [3.63, 3.8) is 0 Å². The van der Waals surface area contributed by atoms with Gasteiger partial charge in [0.25, 0.3) is 0 Å². The van der Waals surface area contributed by atoms with Gasteiger partial charge in [-0.1, -0.05) is 60.7 Å². The van der Waals surface area contributed by atoms with Crippen LogP contribution in [0.4, 0.5) is 0 Å². The second-order valence-electron chi connectivity index (χ2n) is 5.32. The van der Waals surface area contributed by atoms with Gasteiger partial charge >= 0.3 is 0 Å². The van der Waals surface area contributed by atoms with Crippen LogP contribution in [0.1, 0.15) is 11.1 Å². The number of thiocarbonyl (C=S) groups is 1. The van der Waals surface area contributed by atoms with E-state index in [0.717, 1.165) is 17.2 Å². The normalized spacial score (nSPS) is 17.8. The van der Waals surface area contributed by atoms with Gasteiger partial charge in [-0.15, -0.1) is 0 Å². The summed E-state index contributed by atoms with van der Waals surface area (Å²) in [4.78, 5) is 0.765. The molecule has 0 saturated carbocycles. The molecule has 1 N–H and O–H groups in total. The zero-order valence-electron chi connectivity index (χ0n) is 12.3. The molecule has 1 heterocycles. The molecule has 1 unspecified atom stereocenters. The zero-order chi connectivity index (χ0) is 15.2. The monoisotopic (exact) mass is 313 g/mol. The van der Waals surface area contributed by atoms with E-state index in [2.05, 4.69) is 35.6 Å². The van der Waals surface area contributed by atoms with E-state index in [1.165, 1.54) is 11.1 Å². The smallest absolute Gasteiger partial charge is 0.122 e. The largest absolute Gasteiger partial charge is 0.491 e. The van der Waals surface area contributed by atoms with Crippen LogP contribution in [0.15, 0.2) is 54.6 Å². The van der Waals surface area contributed by atoms with Gasteiger partial charge in [0.1, 0.15) is 23.4 Å². The lowest BCUT2D eigenvalue weighted by atomic mass is 10.0. The van der Waals surface area contributed by atoms with E-state index in [4.69, 9.17) is 21.7 Å². The Bertz CT molecular complexity index is 620. The molecular weight excluding hydrogens is 294 g/mol. The third-order valence-electron chi connectivity index (χ3n) is 3.61. The molecule has 1 saturated heterocycles. The maximum absolute atomic E-state index is 5.98. The van der Waals surface area contributed by atoms with Crippen molar-refractivity contribution in [2.24, 2.45) is 0 Å². The predicted molar refractivity (Wildman–Crippen MR) is 91.5 cm³/mol. The van der Waals surface area contributed by atoms with E-state index < -0.39 is 0 Å². The number of nitrogens with one attached hydrogen (secondary N) is 1. The highest BCUT2D eigenvalue weighted by Gasteiger charge is 2.17. The molecule has 0 bridgehead atoms. The van der Waals surface area contributed by atoms with Crippen molar-refractivity contribution < 1.29 is 9.47 Å². The first kappa shape index (κ1) is 15.0. The van der Waals surface area contributed by atoms with Crippen molar-refractivity contribution in [2.75, 3.05) is 19.8 Å². The molecule has 0 amide bonds. The number of ether oxygens (including phenoxy) is 2. The maximum atomic E-state index is 5.98. The fourth-order valence-electron chi connectivity index (χ4n) is 2.43. The first-order valence-corrected chi connectivity index (χ1v) is 7.85. The Kier molecular flexibility index (Phi) is 5.03. The summed E-state index contributed by atoms with van der Waals surface area (Å²) in [5.74, 6) is 0.920. The van der Waals surface area contributed by atoms with Crippen LogP contribution in [0, 0.1) is 0 Å². The van der Waals surface area contributed by atoms with E-state index in [0.29, 0.717) is 19.8 Å². The van der Waals surface area contributed by atoms with E-state index in [9.17, 15) is 0 Å². The van der Waals surface area contributed by atoms with Gasteiger partial charge in [-0.2, -0.15) is 0 Å². The first-order valence-electron chi connectivity index (χ1n) is 7.44. The SMILES string of the molecule is S=C1COC(COc2ccccc2Cc2ccccc2)CN1. The second kappa shape index (κ2) is 7.38. The third kappa shape index (κ3) is 4.06. The summed E-state index contributed by atoms with van der Waals surface area (Å²) in [6, 6.07) is 18.6.